The molecular formula is C55H85NO6S. The molecule has 352 valence electrons. The molecule has 1 saturated carbocycles. The number of fused-ring (bicyclic) bond motifs is 2. The molecule has 1 aliphatic heterocycles. The van der Waals surface area contributed by atoms with E-state index in [2.05, 4.69) is 78.5 Å². The van der Waals surface area contributed by atoms with Gasteiger partial charge in [-0.15, -0.1) is 6.58 Å². The summed E-state index contributed by atoms with van der Waals surface area (Å²) in [6.07, 6.45) is 29.1. The summed E-state index contributed by atoms with van der Waals surface area (Å²) in [6, 6.07) is 12.6. The van der Waals surface area contributed by atoms with Gasteiger partial charge in [0.05, 0.1) is 23.5 Å². The van der Waals surface area contributed by atoms with Crippen LogP contribution in [0.15, 0.2) is 65.9 Å². The lowest BCUT2D eigenvalue weighted by atomic mass is 9.56. The minimum Gasteiger partial charge on any atom is -0.460 e. The quantitative estimate of drug-likeness (QED) is 0.0459. The lowest BCUT2D eigenvalue weighted by molar-refractivity contribution is -0.223. The van der Waals surface area contributed by atoms with Crippen LogP contribution in [0.2, 0.25) is 0 Å². The largest absolute Gasteiger partial charge is 0.460 e. The molecule has 0 spiro atoms. The van der Waals surface area contributed by atoms with Crippen molar-refractivity contribution < 1.29 is 29.3 Å². The number of oxime groups is 1. The molecule has 1 heterocycles. The van der Waals surface area contributed by atoms with Crippen LogP contribution in [0.3, 0.4) is 0 Å². The minimum atomic E-state index is -0.957. The highest BCUT2D eigenvalue weighted by Crippen LogP contribution is 2.63. The first-order chi connectivity index (χ1) is 30.5. The standard InChI is InChI=1S/C55H85NO6S/c1-8-10-11-12-13-14-15-16-17-18-19-20-21-26-36-63-51-40-49(56-62-54(5,6)7)47-38-43(27-22-24-33-57)46(28-23-25-34-58)52-48-39-45(60-44-30-29-41(3)42(4)37-44)31-32-50(48)61-55(51,53(47)52)59-35-9-2/h9,29-32,37-39,43,46,51-53,57-58H,2,8,10-28,33-36,40H2,1,3-7H3/t43-,46+,51-,52+,53+,55+/m0/s1. The topological polar surface area (TPSA) is 89.7 Å². The average Bonchev–Trinajstić information content (AvgIpc) is 3.26. The van der Waals surface area contributed by atoms with Gasteiger partial charge in [-0.2, -0.15) is 11.8 Å². The van der Waals surface area contributed by atoms with Crippen LogP contribution in [0.4, 0.5) is 0 Å². The van der Waals surface area contributed by atoms with Crippen LogP contribution in [0.1, 0.15) is 185 Å². The summed E-state index contributed by atoms with van der Waals surface area (Å²) in [6.45, 7) is 17.6. The molecule has 8 heteroatoms. The second kappa shape index (κ2) is 26.4. The van der Waals surface area contributed by atoms with E-state index < -0.39 is 11.4 Å². The van der Waals surface area contributed by atoms with E-state index in [1.54, 1.807) is 0 Å². The molecule has 0 radical (unpaired) electrons. The van der Waals surface area contributed by atoms with Crippen molar-refractivity contribution in [1.82, 2.24) is 0 Å². The number of hydrogen-bond acceptors (Lipinski definition) is 8. The van der Waals surface area contributed by atoms with Gasteiger partial charge < -0.3 is 29.3 Å². The molecule has 0 amide bonds. The summed E-state index contributed by atoms with van der Waals surface area (Å²) in [4.78, 5) is 6.31. The van der Waals surface area contributed by atoms with Gasteiger partial charge in [0.25, 0.3) is 0 Å². The van der Waals surface area contributed by atoms with Crippen molar-refractivity contribution in [2.24, 2.45) is 22.9 Å². The number of thioether (sulfide) groups is 1. The van der Waals surface area contributed by atoms with E-state index in [1.165, 1.54) is 100 Å². The SMILES string of the molecule is C=CCO[C@@]12Oc3ccc(Oc4ccc(C)c(C)c4)cc3[C@H]3[C@H](CCCCO)[C@@H](CCCCO)C=C(C(=NOC(C)(C)C)C[C@@H]1SCCCCCCCCCCCCCCCC)[C@H]32. The summed E-state index contributed by atoms with van der Waals surface area (Å²) in [5.74, 6) is 2.87. The van der Waals surface area contributed by atoms with E-state index >= 15 is 0 Å². The second-order valence-electron chi connectivity index (χ2n) is 19.8. The molecule has 63 heavy (non-hydrogen) atoms. The predicted molar refractivity (Wildman–Crippen MR) is 265 cm³/mol. The number of allylic oxidation sites excluding steroid dienone is 1. The fourth-order valence-corrected chi connectivity index (χ4v) is 11.6. The summed E-state index contributed by atoms with van der Waals surface area (Å²) in [5, 5.41) is 24.9. The van der Waals surface area contributed by atoms with E-state index in [1.807, 2.05) is 30.0 Å². The average molecular weight is 888 g/mol. The lowest BCUT2D eigenvalue weighted by Crippen LogP contribution is -2.64. The van der Waals surface area contributed by atoms with Crippen LogP contribution in [0.25, 0.3) is 0 Å². The monoisotopic (exact) mass is 888 g/mol. The van der Waals surface area contributed by atoms with Crippen LogP contribution >= 0.6 is 11.8 Å². The van der Waals surface area contributed by atoms with Crippen LogP contribution < -0.4 is 9.47 Å². The molecule has 5 rings (SSSR count). The van der Waals surface area contributed by atoms with E-state index in [4.69, 9.17) is 24.2 Å². The van der Waals surface area contributed by atoms with Crippen LogP contribution in [0.5, 0.6) is 17.2 Å². The van der Waals surface area contributed by atoms with Crippen molar-refractivity contribution >= 4 is 17.5 Å². The Bertz CT molecular complexity index is 1730. The van der Waals surface area contributed by atoms with Crippen molar-refractivity contribution in [2.45, 2.75) is 199 Å². The molecule has 2 N–H and O–H groups in total. The fourth-order valence-electron chi connectivity index (χ4n) is 10.2. The maximum absolute atomic E-state index is 9.99. The summed E-state index contributed by atoms with van der Waals surface area (Å²) >= 11 is 1.98. The second-order valence-corrected chi connectivity index (χ2v) is 21.1. The summed E-state index contributed by atoms with van der Waals surface area (Å²) in [5.41, 5.74) is 5.28. The molecule has 2 aromatic rings. The third-order valence-corrected chi connectivity index (χ3v) is 15.0. The number of aliphatic hydroxyl groups excluding tert-OH is 2. The number of unbranched alkanes of at least 4 members (excludes halogenated alkanes) is 15. The van der Waals surface area contributed by atoms with Crippen molar-refractivity contribution in [1.29, 1.82) is 0 Å². The number of benzene rings is 2. The van der Waals surface area contributed by atoms with Gasteiger partial charge in [-0.1, -0.05) is 127 Å². The smallest absolute Gasteiger partial charge is 0.230 e. The number of rotatable bonds is 30. The highest BCUT2D eigenvalue weighted by molar-refractivity contribution is 8.00. The fraction of sp³-hybridized carbons (Fsp3) is 0.691. The molecular weight excluding hydrogens is 803 g/mol. The molecule has 2 aliphatic carbocycles. The third kappa shape index (κ3) is 14.9. The van der Waals surface area contributed by atoms with Gasteiger partial charge in [-0.25, -0.2) is 0 Å². The maximum Gasteiger partial charge on any atom is 0.230 e. The lowest BCUT2D eigenvalue weighted by Gasteiger charge is -2.58. The van der Waals surface area contributed by atoms with Crippen molar-refractivity contribution in [3.8, 4) is 17.2 Å². The van der Waals surface area contributed by atoms with Gasteiger partial charge in [0, 0.05) is 31.1 Å². The van der Waals surface area contributed by atoms with Gasteiger partial charge >= 0.3 is 0 Å². The number of hydrogen-bond donors (Lipinski definition) is 2. The Labute approximate surface area is 387 Å². The summed E-state index contributed by atoms with van der Waals surface area (Å²) in [7, 11) is 0. The van der Waals surface area contributed by atoms with Crippen molar-refractivity contribution in [2.75, 3.05) is 25.6 Å². The normalized spacial score (nSPS) is 23.5. The van der Waals surface area contributed by atoms with Crippen molar-refractivity contribution in [3.05, 3.63) is 77.4 Å². The molecule has 6 atom stereocenters. The zero-order valence-electron chi connectivity index (χ0n) is 40.3. The molecule has 0 aromatic heterocycles. The molecule has 0 saturated heterocycles. The van der Waals surface area contributed by atoms with E-state index in [-0.39, 0.29) is 42.1 Å². The molecule has 7 nitrogen and oxygen atoms in total. The molecule has 1 fully saturated rings. The van der Waals surface area contributed by atoms with Gasteiger partial charge in [0.1, 0.15) is 22.8 Å². The third-order valence-electron chi connectivity index (χ3n) is 13.6. The number of aliphatic hydroxyl groups is 2. The zero-order valence-corrected chi connectivity index (χ0v) is 41.1. The van der Waals surface area contributed by atoms with Gasteiger partial charge in [0.2, 0.25) is 5.79 Å². The Morgan fingerprint density at radius 1 is 0.794 bits per heavy atom. The first-order valence-electron chi connectivity index (χ1n) is 25.2. The molecule has 0 bridgehead atoms. The Hall–Kier alpha value is -2.78. The zero-order chi connectivity index (χ0) is 45.1. The number of ether oxygens (including phenoxy) is 3. The van der Waals surface area contributed by atoms with Crippen LogP contribution in [0, 0.1) is 31.6 Å². The highest BCUT2D eigenvalue weighted by atomic mass is 32.2. The Kier molecular flexibility index (Phi) is 21.4. The highest BCUT2D eigenvalue weighted by Gasteiger charge is 2.64. The first-order valence-corrected chi connectivity index (χ1v) is 26.2. The van der Waals surface area contributed by atoms with Gasteiger partial charge in [-0.3, -0.25) is 0 Å². The Morgan fingerprint density at radius 2 is 1.41 bits per heavy atom. The predicted octanol–water partition coefficient (Wildman–Crippen LogP) is 14.7. The van der Waals surface area contributed by atoms with E-state index in [9.17, 15) is 10.2 Å². The molecule has 2 aromatic carbocycles. The van der Waals surface area contributed by atoms with Crippen LogP contribution in [-0.2, 0) is 9.57 Å². The van der Waals surface area contributed by atoms with Crippen LogP contribution in [-0.4, -0.2) is 58.1 Å². The summed E-state index contributed by atoms with van der Waals surface area (Å²) < 4.78 is 21.2. The van der Waals surface area contributed by atoms with E-state index in [0.717, 1.165) is 79.2 Å². The molecule has 0 unspecified atom stereocenters. The Balaban J connectivity index is 1.45. The van der Waals surface area contributed by atoms with Crippen molar-refractivity contribution in [3.63, 3.8) is 0 Å². The molecule has 3 aliphatic rings. The number of aryl methyl sites for hydroxylation is 2. The van der Waals surface area contributed by atoms with Gasteiger partial charge in [-0.05, 0) is 131 Å². The Morgan fingerprint density at radius 3 is 2.03 bits per heavy atom. The maximum atomic E-state index is 9.99. The number of nitrogens with zero attached hydrogens (tertiary/aromatic N) is 1. The van der Waals surface area contributed by atoms with E-state index in [0.29, 0.717) is 13.0 Å². The van der Waals surface area contributed by atoms with Gasteiger partial charge in [0.15, 0.2) is 0 Å². The minimum absolute atomic E-state index is 0.0315. The first kappa shape index (κ1) is 51.2.